The van der Waals surface area contributed by atoms with Gasteiger partial charge in [-0.2, -0.15) is 0 Å². The van der Waals surface area contributed by atoms with Crippen LogP contribution in [-0.2, 0) is 4.79 Å². The molecule has 0 aromatic rings. The van der Waals surface area contributed by atoms with Gasteiger partial charge in [-0.25, -0.2) is 9.59 Å². The molecule has 0 aromatic carbocycles. The molecule has 0 spiro atoms. The quantitative estimate of drug-likeness (QED) is 0.631. The minimum Gasteiger partial charge on any atom is -0.480 e. The summed E-state index contributed by atoms with van der Waals surface area (Å²) in [4.78, 5) is 24.1. The molecule has 16 heavy (non-hydrogen) atoms. The maximum absolute atomic E-state index is 11.7. The molecule has 2 unspecified atom stereocenters. The molecule has 0 radical (unpaired) electrons. The number of carbonyl (C=O) groups is 2. The highest BCUT2D eigenvalue weighted by atomic mass is 16.4. The van der Waals surface area contributed by atoms with Crippen molar-refractivity contribution in [2.75, 3.05) is 13.1 Å². The van der Waals surface area contributed by atoms with Gasteiger partial charge in [-0.05, 0) is 12.8 Å². The Morgan fingerprint density at radius 2 is 2.31 bits per heavy atom. The van der Waals surface area contributed by atoms with E-state index < -0.39 is 12.0 Å². The van der Waals surface area contributed by atoms with E-state index in [1.54, 1.807) is 4.90 Å². The van der Waals surface area contributed by atoms with E-state index in [1.165, 1.54) is 0 Å². The second-order valence-corrected chi connectivity index (χ2v) is 4.12. The molecule has 0 aliphatic carbocycles. The van der Waals surface area contributed by atoms with Gasteiger partial charge in [-0.15, -0.1) is 0 Å². The number of rotatable bonds is 4. The lowest BCUT2D eigenvalue weighted by Gasteiger charge is -2.20. The first kappa shape index (κ1) is 12.8. The predicted octanol–water partition coefficient (Wildman–Crippen LogP) is -0.0177. The summed E-state index contributed by atoms with van der Waals surface area (Å²) in [5, 5.41) is 11.4. The first-order chi connectivity index (χ1) is 7.54. The zero-order chi connectivity index (χ0) is 12.1. The van der Waals surface area contributed by atoms with Crippen molar-refractivity contribution in [2.24, 2.45) is 5.73 Å². The molecule has 92 valence electrons. The summed E-state index contributed by atoms with van der Waals surface area (Å²) in [5.41, 5.74) is 5.67. The van der Waals surface area contributed by atoms with Crippen molar-refractivity contribution in [2.45, 2.75) is 38.3 Å². The lowest BCUT2D eigenvalue weighted by Crippen LogP contribution is -2.47. The first-order valence-electron chi connectivity index (χ1n) is 5.58. The SMILES string of the molecule is CCCC(NC(=O)N1CCC(N)C1)C(=O)O. The molecule has 1 aliphatic heterocycles. The predicted molar refractivity (Wildman–Crippen MR) is 59.0 cm³/mol. The van der Waals surface area contributed by atoms with Crippen LogP contribution in [0.2, 0.25) is 0 Å². The molecule has 2 amide bonds. The monoisotopic (exact) mass is 229 g/mol. The van der Waals surface area contributed by atoms with E-state index in [2.05, 4.69) is 5.32 Å². The number of urea groups is 1. The number of hydrogen-bond acceptors (Lipinski definition) is 3. The van der Waals surface area contributed by atoms with Crippen molar-refractivity contribution in [3.63, 3.8) is 0 Å². The molecule has 1 heterocycles. The van der Waals surface area contributed by atoms with Gasteiger partial charge in [0, 0.05) is 19.1 Å². The number of nitrogens with zero attached hydrogens (tertiary/aromatic N) is 1. The molecule has 0 aromatic heterocycles. The number of nitrogens with one attached hydrogen (secondary N) is 1. The zero-order valence-electron chi connectivity index (χ0n) is 9.48. The van der Waals surface area contributed by atoms with E-state index in [-0.39, 0.29) is 12.1 Å². The average molecular weight is 229 g/mol. The summed E-state index contributed by atoms with van der Waals surface area (Å²) in [6.45, 7) is 2.99. The van der Waals surface area contributed by atoms with Crippen LogP contribution in [0.4, 0.5) is 4.79 Å². The van der Waals surface area contributed by atoms with Crippen LogP contribution < -0.4 is 11.1 Å². The minimum absolute atomic E-state index is 0.0141. The number of carbonyl (C=O) groups excluding carboxylic acids is 1. The van der Waals surface area contributed by atoms with E-state index in [4.69, 9.17) is 10.8 Å². The van der Waals surface area contributed by atoms with Crippen LogP contribution in [0.25, 0.3) is 0 Å². The van der Waals surface area contributed by atoms with Crippen molar-refractivity contribution in [3.05, 3.63) is 0 Å². The maximum atomic E-state index is 11.7. The Morgan fingerprint density at radius 1 is 1.62 bits per heavy atom. The van der Waals surface area contributed by atoms with Gasteiger partial charge in [0.1, 0.15) is 6.04 Å². The highest BCUT2D eigenvalue weighted by Gasteiger charge is 2.26. The molecule has 6 nitrogen and oxygen atoms in total. The van der Waals surface area contributed by atoms with Gasteiger partial charge in [0.25, 0.3) is 0 Å². The number of likely N-dealkylation sites (tertiary alicyclic amines) is 1. The minimum atomic E-state index is -0.987. The van der Waals surface area contributed by atoms with Crippen LogP contribution in [0, 0.1) is 0 Å². The van der Waals surface area contributed by atoms with Crippen LogP contribution in [0.3, 0.4) is 0 Å². The molecule has 1 aliphatic rings. The number of nitrogens with two attached hydrogens (primary N) is 1. The van der Waals surface area contributed by atoms with Gasteiger partial charge in [-0.3, -0.25) is 0 Å². The van der Waals surface area contributed by atoms with Gasteiger partial charge < -0.3 is 21.1 Å². The Hall–Kier alpha value is -1.30. The van der Waals surface area contributed by atoms with Crippen LogP contribution in [0.1, 0.15) is 26.2 Å². The molecule has 4 N–H and O–H groups in total. The normalized spacial score (nSPS) is 21.9. The van der Waals surface area contributed by atoms with Crippen molar-refractivity contribution < 1.29 is 14.7 Å². The highest BCUT2D eigenvalue weighted by molar-refractivity contribution is 5.82. The third kappa shape index (κ3) is 3.37. The van der Waals surface area contributed by atoms with Gasteiger partial charge in [-0.1, -0.05) is 13.3 Å². The fourth-order valence-corrected chi connectivity index (χ4v) is 1.76. The number of carboxylic acid groups (broad SMARTS) is 1. The summed E-state index contributed by atoms with van der Waals surface area (Å²) >= 11 is 0. The third-order valence-corrected chi connectivity index (χ3v) is 2.69. The van der Waals surface area contributed by atoms with Crippen LogP contribution in [-0.4, -0.2) is 47.2 Å². The summed E-state index contributed by atoms with van der Waals surface area (Å²) < 4.78 is 0. The van der Waals surface area contributed by atoms with Gasteiger partial charge in [0.2, 0.25) is 0 Å². The number of carboxylic acids is 1. The lowest BCUT2D eigenvalue weighted by atomic mass is 10.2. The molecule has 1 fully saturated rings. The van der Waals surface area contributed by atoms with Crippen molar-refractivity contribution >= 4 is 12.0 Å². The molecule has 1 saturated heterocycles. The Kier molecular flexibility index (Phi) is 4.54. The molecule has 1 rings (SSSR count). The van der Waals surface area contributed by atoms with Crippen molar-refractivity contribution in [1.82, 2.24) is 10.2 Å². The summed E-state index contributed by atoms with van der Waals surface area (Å²) in [5.74, 6) is -0.987. The second-order valence-electron chi connectivity index (χ2n) is 4.12. The van der Waals surface area contributed by atoms with E-state index in [0.29, 0.717) is 19.5 Å². The molecule has 6 heteroatoms. The Bertz CT molecular complexity index is 270. The molecular weight excluding hydrogens is 210 g/mol. The number of hydrogen-bond donors (Lipinski definition) is 3. The van der Waals surface area contributed by atoms with Crippen molar-refractivity contribution in [3.8, 4) is 0 Å². The Balaban J connectivity index is 2.45. The molecule has 0 bridgehead atoms. The molecule has 2 atom stereocenters. The topological polar surface area (TPSA) is 95.7 Å². The second kappa shape index (κ2) is 5.69. The van der Waals surface area contributed by atoms with Crippen molar-refractivity contribution in [1.29, 1.82) is 0 Å². The van der Waals surface area contributed by atoms with Gasteiger partial charge >= 0.3 is 12.0 Å². The lowest BCUT2D eigenvalue weighted by molar-refractivity contribution is -0.139. The number of aliphatic carboxylic acids is 1. The Labute approximate surface area is 94.8 Å². The van der Waals surface area contributed by atoms with E-state index >= 15 is 0 Å². The molecular formula is C10H19N3O3. The van der Waals surface area contributed by atoms with Crippen LogP contribution in [0.15, 0.2) is 0 Å². The first-order valence-corrected chi connectivity index (χ1v) is 5.58. The fourth-order valence-electron chi connectivity index (χ4n) is 1.76. The third-order valence-electron chi connectivity index (χ3n) is 2.69. The highest BCUT2D eigenvalue weighted by Crippen LogP contribution is 2.07. The van der Waals surface area contributed by atoms with E-state index in [0.717, 1.165) is 12.8 Å². The van der Waals surface area contributed by atoms with E-state index in [1.807, 2.05) is 6.92 Å². The average Bonchev–Trinajstić information content (AvgIpc) is 2.64. The summed E-state index contributed by atoms with van der Waals surface area (Å²) in [6.07, 6.45) is 1.94. The van der Waals surface area contributed by atoms with Gasteiger partial charge in [0.05, 0.1) is 0 Å². The Morgan fingerprint density at radius 3 is 2.75 bits per heavy atom. The van der Waals surface area contributed by atoms with Gasteiger partial charge in [0.15, 0.2) is 0 Å². The van der Waals surface area contributed by atoms with E-state index in [9.17, 15) is 9.59 Å². The number of amides is 2. The summed E-state index contributed by atoms with van der Waals surface area (Å²) in [6, 6.07) is -1.11. The summed E-state index contributed by atoms with van der Waals surface area (Å²) in [7, 11) is 0. The fraction of sp³-hybridized carbons (Fsp3) is 0.800. The molecule has 0 saturated carbocycles. The standard InChI is InChI=1S/C10H19N3O3/c1-2-3-8(9(14)15)12-10(16)13-5-4-7(11)6-13/h7-8H,2-6,11H2,1H3,(H,12,16)(H,14,15). The van der Waals surface area contributed by atoms with Crippen LogP contribution >= 0.6 is 0 Å². The largest absolute Gasteiger partial charge is 0.480 e. The van der Waals surface area contributed by atoms with Crippen LogP contribution in [0.5, 0.6) is 0 Å². The zero-order valence-corrected chi connectivity index (χ0v) is 9.48. The maximum Gasteiger partial charge on any atom is 0.326 e. The smallest absolute Gasteiger partial charge is 0.326 e.